The first kappa shape index (κ1) is 21.0. The van der Waals surface area contributed by atoms with Gasteiger partial charge in [-0.25, -0.2) is 4.79 Å². The summed E-state index contributed by atoms with van der Waals surface area (Å²) in [6.45, 7) is 2.14. The van der Waals surface area contributed by atoms with Gasteiger partial charge in [0, 0.05) is 23.7 Å². The van der Waals surface area contributed by atoms with E-state index in [1.54, 1.807) is 36.4 Å². The number of rotatable bonds is 4. The molecule has 4 amide bonds. The van der Waals surface area contributed by atoms with Gasteiger partial charge in [0.1, 0.15) is 17.8 Å². The lowest BCUT2D eigenvalue weighted by Crippen LogP contribution is -2.61. The number of anilines is 1. The van der Waals surface area contributed by atoms with E-state index < -0.39 is 18.1 Å². The highest BCUT2D eigenvalue weighted by Gasteiger charge is 2.46. The number of phenolic OH excluding ortho intramolecular Hbond substituents is 1. The second-order valence-corrected chi connectivity index (χ2v) is 8.34. The van der Waals surface area contributed by atoms with Crippen molar-refractivity contribution in [3.05, 3.63) is 58.6 Å². The summed E-state index contributed by atoms with van der Waals surface area (Å²) in [5.41, 5.74) is 2.30. The van der Waals surface area contributed by atoms with Gasteiger partial charge in [0.15, 0.2) is 0 Å². The van der Waals surface area contributed by atoms with Gasteiger partial charge in [0.05, 0.1) is 6.04 Å². The number of carbonyl (C=O) groups is 3. The van der Waals surface area contributed by atoms with Gasteiger partial charge in [-0.15, -0.1) is 0 Å². The molecular formula is C22H23ClN4O4. The summed E-state index contributed by atoms with van der Waals surface area (Å²) in [6.07, 6.45) is 0.687. The fourth-order valence-corrected chi connectivity index (χ4v) is 4.17. The van der Waals surface area contributed by atoms with E-state index in [4.69, 9.17) is 11.6 Å². The second kappa shape index (κ2) is 8.47. The zero-order valence-corrected chi connectivity index (χ0v) is 17.6. The predicted octanol–water partition coefficient (Wildman–Crippen LogP) is 2.19. The third-order valence-electron chi connectivity index (χ3n) is 5.64. The number of benzene rings is 2. The van der Waals surface area contributed by atoms with Crippen molar-refractivity contribution < 1.29 is 19.5 Å². The highest BCUT2D eigenvalue weighted by molar-refractivity contribution is 6.31. The van der Waals surface area contributed by atoms with Crippen LogP contribution >= 0.6 is 11.6 Å². The summed E-state index contributed by atoms with van der Waals surface area (Å²) in [5, 5.41) is 18.3. The van der Waals surface area contributed by atoms with Crippen molar-refractivity contribution in [2.24, 2.45) is 0 Å². The molecule has 9 heteroatoms. The molecular weight excluding hydrogens is 420 g/mol. The standard InChI is InChI=1S/C22H23ClN4O4/c1-12-2-5-14(9-17(12)23)24-22(31)25-15-10-19-20(29)26-18(21(30)27(19)11-15)8-13-3-6-16(28)7-4-13/h2-7,9,15,18-19,28H,8,10-11H2,1H3,(H,26,29)(H2,24,25,31)/t15-,18-,19-/m0/s1. The number of halogens is 1. The largest absolute Gasteiger partial charge is 0.508 e. The van der Waals surface area contributed by atoms with Crippen molar-refractivity contribution in [3.8, 4) is 5.75 Å². The van der Waals surface area contributed by atoms with Crippen LogP contribution in [0.3, 0.4) is 0 Å². The Morgan fingerprint density at radius 3 is 2.68 bits per heavy atom. The number of carbonyl (C=O) groups excluding carboxylic acids is 3. The molecule has 0 spiro atoms. The molecule has 2 aliphatic rings. The smallest absolute Gasteiger partial charge is 0.319 e. The minimum absolute atomic E-state index is 0.141. The Labute approximate surface area is 184 Å². The molecule has 2 aromatic rings. The van der Waals surface area contributed by atoms with Crippen LogP contribution in [0.25, 0.3) is 0 Å². The minimum atomic E-state index is -0.671. The van der Waals surface area contributed by atoms with Gasteiger partial charge in [-0.1, -0.05) is 29.8 Å². The van der Waals surface area contributed by atoms with E-state index >= 15 is 0 Å². The van der Waals surface area contributed by atoms with Crippen LogP contribution in [-0.4, -0.2) is 52.5 Å². The molecule has 0 saturated carbocycles. The molecule has 4 rings (SSSR count). The molecule has 2 aromatic carbocycles. The molecule has 8 nitrogen and oxygen atoms in total. The minimum Gasteiger partial charge on any atom is -0.508 e. The number of urea groups is 1. The zero-order chi connectivity index (χ0) is 22.1. The summed E-state index contributed by atoms with van der Waals surface area (Å²) >= 11 is 6.09. The molecule has 0 unspecified atom stereocenters. The summed E-state index contributed by atoms with van der Waals surface area (Å²) in [5.74, 6) is -0.256. The lowest BCUT2D eigenvalue weighted by molar-refractivity contribution is -0.147. The number of phenols is 1. The number of piperazine rings is 1. The van der Waals surface area contributed by atoms with E-state index in [1.165, 1.54) is 4.90 Å². The van der Waals surface area contributed by atoms with Gasteiger partial charge in [0.2, 0.25) is 11.8 Å². The normalized spacial score (nSPS) is 22.6. The average molecular weight is 443 g/mol. The monoisotopic (exact) mass is 442 g/mol. The van der Waals surface area contributed by atoms with Gasteiger partial charge in [-0.3, -0.25) is 9.59 Å². The van der Waals surface area contributed by atoms with Crippen molar-refractivity contribution in [1.82, 2.24) is 15.5 Å². The molecule has 31 heavy (non-hydrogen) atoms. The predicted molar refractivity (Wildman–Crippen MR) is 116 cm³/mol. The van der Waals surface area contributed by atoms with Crippen LogP contribution in [0.5, 0.6) is 5.75 Å². The third kappa shape index (κ3) is 4.59. The van der Waals surface area contributed by atoms with E-state index in [0.29, 0.717) is 23.6 Å². The molecule has 4 N–H and O–H groups in total. The van der Waals surface area contributed by atoms with Gasteiger partial charge in [0.25, 0.3) is 0 Å². The third-order valence-corrected chi connectivity index (χ3v) is 6.05. The van der Waals surface area contributed by atoms with Crippen LogP contribution in [0.15, 0.2) is 42.5 Å². The fraction of sp³-hybridized carbons (Fsp3) is 0.318. The molecule has 0 bridgehead atoms. The van der Waals surface area contributed by atoms with Gasteiger partial charge in [-0.2, -0.15) is 0 Å². The average Bonchev–Trinajstić information content (AvgIpc) is 3.15. The zero-order valence-electron chi connectivity index (χ0n) is 16.9. The number of aryl methyl sites for hydroxylation is 1. The van der Waals surface area contributed by atoms with Crippen molar-refractivity contribution in [2.75, 3.05) is 11.9 Å². The molecule has 0 aromatic heterocycles. The maximum absolute atomic E-state index is 12.9. The Hall–Kier alpha value is -3.26. The highest BCUT2D eigenvalue weighted by Crippen LogP contribution is 2.25. The summed E-state index contributed by atoms with van der Waals surface area (Å²) in [4.78, 5) is 39.4. The van der Waals surface area contributed by atoms with Crippen LogP contribution in [0.4, 0.5) is 10.5 Å². The highest BCUT2D eigenvalue weighted by atomic mass is 35.5. The lowest BCUT2D eigenvalue weighted by atomic mass is 10.0. The van der Waals surface area contributed by atoms with Crippen molar-refractivity contribution in [2.45, 2.75) is 37.9 Å². The number of fused-ring (bicyclic) bond motifs is 1. The second-order valence-electron chi connectivity index (χ2n) is 7.93. The van der Waals surface area contributed by atoms with E-state index in [2.05, 4.69) is 16.0 Å². The molecule has 0 aliphatic carbocycles. The first-order valence-corrected chi connectivity index (χ1v) is 10.4. The Kier molecular flexibility index (Phi) is 5.73. The maximum Gasteiger partial charge on any atom is 0.319 e. The summed E-state index contributed by atoms with van der Waals surface area (Å²) in [7, 11) is 0. The van der Waals surface area contributed by atoms with Crippen LogP contribution in [0.1, 0.15) is 17.5 Å². The lowest BCUT2D eigenvalue weighted by Gasteiger charge is -2.34. The van der Waals surface area contributed by atoms with E-state index in [9.17, 15) is 19.5 Å². The van der Waals surface area contributed by atoms with Gasteiger partial charge in [-0.05, 0) is 48.7 Å². The molecule has 2 heterocycles. The molecule has 3 atom stereocenters. The fourth-order valence-electron chi connectivity index (χ4n) is 3.99. The van der Waals surface area contributed by atoms with Crippen LogP contribution in [-0.2, 0) is 16.0 Å². The quantitative estimate of drug-likeness (QED) is 0.581. The van der Waals surface area contributed by atoms with Crippen molar-refractivity contribution >= 4 is 35.1 Å². The van der Waals surface area contributed by atoms with Crippen molar-refractivity contribution in [3.63, 3.8) is 0 Å². The molecule has 2 saturated heterocycles. The topological polar surface area (TPSA) is 111 Å². The summed E-state index contributed by atoms with van der Waals surface area (Å²) < 4.78 is 0. The number of nitrogens with one attached hydrogen (secondary N) is 3. The van der Waals surface area contributed by atoms with Gasteiger partial charge < -0.3 is 26.0 Å². The molecule has 0 radical (unpaired) electrons. The Morgan fingerprint density at radius 2 is 1.97 bits per heavy atom. The number of hydrogen-bond acceptors (Lipinski definition) is 4. The maximum atomic E-state index is 12.9. The first-order valence-electron chi connectivity index (χ1n) is 10.0. The summed E-state index contributed by atoms with van der Waals surface area (Å²) in [6, 6.07) is 9.73. The van der Waals surface area contributed by atoms with E-state index in [-0.39, 0.29) is 30.2 Å². The number of nitrogens with zero attached hydrogens (tertiary/aromatic N) is 1. The van der Waals surface area contributed by atoms with E-state index in [1.807, 2.05) is 13.0 Å². The number of aromatic hydroxyl groups is 1. The van der Waals surface area contributed by atoms with Crippen LogP contribution in [0, 0.1) is 6.92 Å². The molecule has 162 valence electrons. The van der Waals surface area contributed by atoms with Gasteiger partial charge >= 0.3 is 6.03 Å². The van der Waals surface area contributed by atoms with Crippen molar-refractivity contribution in [1.29, 1.82) is 0 Å². The van der Waals surface area contributed by atoms with E-state index in [0.717, 1.165) is 11.1 Å². The Bertz CT molecular complexity index is 1030. The Morgan fingerprint density at radius 1 is 1.23 bits per heavy atom. The molecule has 2 aliphatic heterocycles. The molecule has 2 fully saturated rings. The first-order chi connectivity index (χ1) is 14.8. The number of amides is 4. The Balaban J connectivity index is 1.37. The van der Waals surface area contributed by atoms with Crippen LogP contribution < -0.4 is 16.0 Å². The SMILES string of the molecule is Cc1ccc(NC(=O)N[C@H]2C[C@H]3C(=O)N[C@@H](Cc4ccc(O)cc4)C(=O)N3C2)cc1Cl. The van der Waals surface area contributed by atoms with Crippen LogP contribution in [0.2, 0.25) is 5.02 Å². The number of hydrogen-bond donors (Lipinski definition) is 4.